The average molecular weight is 394 g/mol. The smallest absolute Gasteiger partial charge is 0.234 e. The number of amides is 1. The van der Waals surface area contributed by atoms with Crippen LogP contribution >= 0.6 is 23.1 Å². The van der Waals surface area contributed by atoms with Crippen molar-refractivity contribution in [3.63, 3.8) is 0 Å². The van der Waals surface area contributed by atoms with Crippen molar-refractivity contribution in [3.8, 4) is 5.75 Å². The minimum absolute atomic E-state index is 0.0847. The summed E-state index contributed by atoms with van der Waals surface area (Å²) < 4.78 is 6.34. The summed E-state index contributed by atoms with van der Waals surface area (Å²) in [6.45, 7) is 6.46. The number of thioether (sulfide) groups is 1. The quantitative estimate of drug-likeness (QED) is 0.725. The molecule has 1 saturated heterocycles. The summed E-state index contributed by atoms with van der Waals surface area (Å²) in [6, 6.07) is 7.44. The zero-order chi connectivity index (χ0) is 18.4. The summed E-state index contributed by atoms with van der Waals surface area (Å²) in [6.07, 6.45) is 0. The number of rotatable bonds is 7. The number of ether oxygens (including phenoxy) is 1. The van der Waals surface area contributed by atoms with Crippen LogP contribution < -0.4 is 15.0 Å². The number of nitrogens with one attached hydrogen (secondary N) is 1. The number of carbonyl (C=O) groups is 1. The Bertz CT molecular complexity index is 731. The van der Waals surface area contributed by atoms with E-state index in [0.29, 0.717) is 18.0 Å². The second-order valence-electron chi connectivity index (χ2n) is 5.91. The van der Waals surface area contributed by atoms with Crippen LogP contribution in [-0.2, 0) is 4.79 Å². The first-order valence-corrected chi connectivity index (χ1v) is 10.4. The number of para-hydroxylation sites is 2. The number of hydrogen-bond acceptors (Lipinski definition) is 8. The second-order valence-corrected chi connectivity index (χ2v) is 8.09. The van der Waals surface area contributed by atoms with Crippen molar-refractivity contribution in [3.05, 3.63) is 24.3 Å². The van der Waals surface area contributed by atoms with Crippen LogP contribution in [0.3, 0.4) is 0 Å². The van der Waals surface area contributed by atoms with Crippen LogP contribution in [-0.4, -0.2) is 66.6 Å². The number of anilines is 2. The van der Waals surface area contributed by atoms with Crippen LogP contribution in [0.1, 0.15) is 6.92 Å². The molecule has 0 atom stereocenters. The predicted octanol–water partition coefficient (Wildman–Crippen LogP) is 2.42. The van der Waals surface area contributed by atoms with Gasteiger partial charge in [0, 0.05) is 26.2 Å². The van der Waals surface area contributed by atoms with Gasteiger partial charge in [0.15, 0.2) is 4.34 Å². The SMILES string of the molecule is CCOc1ccccc1NC(=O)CSc1nnc(N2CCN(C)CC2)s1. The first-order chi connectivity index (χ1) is 12.7. The van der Waals surface area contributed by atoms with Gasteiger partial charge in [-0.3, -0.25) is 4.79 Å². The number of hydrogen-bond donors (Lipinski definition) is 1. The fraction of sp³-hybridized carbons (Fsp3) is 0.471. The maximum absolute atomic E-state index is 12.2. The Labute approximate surface area is 161 Å². The number of carbonyl (C=O) groups excluding carboxylic acids is 1. The zero-order valence-electron chi connectivity index (χ0n) is 15.0. The molecule has 7 nitrogen and oxygen atoms in total. The van der Waals surface area contributed by atoms with Crippen molar-refractivity contribution in [2.24, 2.45) is 0 Å². The molecular weight excluding hydrogens is 370 g/mol. The average Bonchev–Trinajstić information content (AvgIpc) is 3.11. The highest BCUT2D eigenvalue weighted by molar-refractivity contribution is 8.01. The largest absolute Gasteiger partial charge is 0.492 e. The molecule has 26 heavy (non-hydrogen) atoms. The van der Waals surface area contributed by atoms with Gasteiger partial charge in [-0.1, -0.05) is 35.2 Å². The maximum atomic E-state index is 12.2. The summed E-state index contributed by atoms with van der Waals surface area (Å²) >= 11 is 2.95. The van der Waals surface area contributed by atoms with E-state index in [2.05, 4.69) is 32.4 Å². The van der Waals surface area contributed by atoms with Gasteiger partial charge in [-0.05, 0) is 26.1 Å². The van der Waals surface area contributed by atoms with Gasteiger partial charge >= 0.3 is 0 Å². The summed E-state index contributed by atoms with van der Waals surface area (Å²) in [5, 5.41) is 12.3. The highest BCUT2D eigenvalue weighted by Crippen LogP contribution is 2.29. The minimum Gasteiger partial charge on any atom is -0.492 e. The summed E-state index contributed by atoms with van der Waals surface area (Å²) in [7, 11) is 2.13. The standard InChI is InChI=1S/C17H23N5O2S2/c1-3-24-14-7-5-4-6-13(14)18-15(23)12-25-17-20-19-16(26-17)22-10-8-21(2)9-11-22/h4-7H,3,8-12H2,1-2H3,(H,18,23). The third kappa shape index (κ3) is 5.09. The highest BCUT2D eigenvalue weighted by atomic mass is 32.2. The number of aromatic nitrogens is 2. The van der Waals surface area contributed by atoms with Gasteiger partial charge in [0.05, 0.1) is 18.0 Å². The van der Waals surface area contributed by atoms with Gasteiger partial charge < -0.3 is 19.9 Å². The van der Waals surface area contributed by atoms with Crippen LogP contribution in [0.15, 0.2) is 28.6 Å². The fourth-order valence-electron chi connectivity index (χ4n) is 2.55. The van der Waals surface area contributed by atoms with E-state index in [1.807, 2.05) is 31.2 Å². The maximum Gasteiger partial charge on any atom is 0.234 e. The minimum atomic E-state index is -0.0847. The topological polar surface area (TPSA) is 70.6 Å². The molecule has 0 unspecified atom stereocenters. The van der Waals surface area contributed by atoms with E-state index < -0.39 is 0 Å². The van der Waals surface area contributed by atoms with Gasteiger partial charge in [0.25, 0.3) is 0 Å². The molecule has 1 amide bonds. The van der Waals surface area contributed by atoms with Crippen molar-refractivity contribution in [1.82, 2.24) is 15.1 Å². The molecule has 9 heteroatoms. The molecule has 140 valence electrons. The normalized spacial score (nSPS) is 15.1. The van der Waals surface area contributed by atoms with Crippen LogP contribution in [0.25, 0.3) is 0 Å². The van der Waals surface area contributed by atoms with Gasteiger partial charge in [-0.15, -0.1) is 10.2 Å². The van der Waals surface area contributed by atoms with E-state index in [0.717, 1.165) is 35.7 Å². The number of piperazine rings is 1. The molecule has 1 aromatic carbocycles. The molecule has 1 aromatic heterocycles. The molecule has 1 aliphatic heterocycles. The highest BCUT2D eigenvalue weighted by Gasteiger charge is 2.18. The predicted molar refractivity (Wildman–Crippen MR) is 107 cm³/mol. The molecule has 0 spiro atoms. The first-order valence-electron chi connectivity index (χ1n) is 8.57. The van der Waals surface area contributed by atoms with Gasteiger partial charge in [0.2, 0.25) is 11.0 Å². The molecule has 3 rings (SSSR count). The van der Waals surface area contributed by atoms with E-state index in [4.69, 9.17) is 4.74 Å². The number of nitrogens with zero attached hydrogens (tertiary/aromatic N) is 4. The molecule has 1 aliphatic rings. The molecular formula is C17H23N5O2S2. The van der Waals surface area contributed by atoms with Crippen molar-refractivity contribution >= 4 is 39.8 Å². The van der Waals surface area contributed by atoms with E-state index in [1.165, 1.54) is 11.8 Å². The van der Waals surface area contributed by atoms with E-state index >= 15 is 0 Å². The lowest BCUT2D eigenvalue weighted by Crippen LogP contribution is -2.44. The van der Waals surface area contributed by atoms with Gasteiger partial charge in [0.1, 0.15) is 5.75 Å². The van der Waals surface area contributed by atoms with Crippen LogP contribution in [0.5, 0.6) is 5.75 Å². The Morgan fingerprint density at radius 3 is 2.81 bits per heavy atom. The van der Waals surface area contributed by atoms with Crippen molar-refractivity contribution in [1.29, 1.82) is 0 Å². The molecule has 0 radical (unpaired) electrons. The van der Waals surface area contributed by atoms with Crippen molar-refractivity contribution in [2.45, 2.75) is 11.3 Å². The van der Waals surface area contributed by atoms with Crippen LogP contribution in [0.2, 0.25) is 0 Å². The molecule has 2 aromatic rings. The molecule has 0 aliphatic carbocycles. The number of likely N-dealkylation sites (N-methyl/N-ethyl adjacent to an activating group) is 1. The summed E-state index contributed by atoms with van der Waals surface area (Å²) in [4.78, 5) is 16.8. The van der Waals surface area contributed by atoms with E-state index in [-0.39, 0.29) is 11.7 Å². The van der Waals surface area contributed by atoms with Gasteiger partial charge in [-0.25, -0.2) is 0 Å². The molecule has 2 heterocycles. The fourth-order valence-corrected chi connectivity index (χ4v) is 4.24. The molecule has 0 saturated carbocycles. The molecule has 1 N–H and O–H groups in total. The van der Waals surface area contributed by atoms with Crippen molar-refractivity contribution in [2.75, 3.05) is 55.8 Å². The first kappa shape index (κ1) is 18.9. The lowest BCUT2D eigenvalue weighted by atomic mass is 10.3. The van der Waals surface area contributed by atoms with Crippen molar-refractivity contribution < 1.29 is 9.53 Å². The Kier molecular flexibility index (Phi) is 6.70. The van der Waals surface area contributed by atoms with E-state index in [1.54, 1.807) is 11.3 Å². The second kappa shape index (κ2) is 9.20. The van der Waals surface area contributed by atoms with Crippen LogP contribution in [0, 0.1) is 0 Å². The lowest BCUT2D eigenvalue weighted by molar-refractivity contribution is -0.113. The third-order valence-electron chi connectivity index (χ3n) is 3.96. The summed E-state index contributed by atoms with van der Waals surface area (Å²) in [5.41, 5.74) is 0.690. The summed E-state index contributed by atoms with van der Waals surface area (Å²) in [5.74, 6) is 0.887. The Morgan fingerprint density at radius 2 is 2.04 bits per heavy atom. The third-order valence-corrected chi connectivity index (χ3v) is 6.07. The van der Waals surface area contributed by atoms with Crippen LogP contribution in [0.4, 0.5) is 10.8 Å². The lowest BCUT2D eigenvalue weighted by Gasteiger charge is -2.31. The Morgan fingerprint density at radius 1 is 1.27 bits per heavy atom. The monoisotopic (exact) mass is 393 g/mol. The molecule has 1 fully saturated rings. The van der Waals surface area contributed by atoms with E-state index in [9.17, 15) is 4.79 Å². The Hall–Kier alpha value is -1.84. The molecule has 0 bridgehead atoms. The zero-order valence-corrected chi connectivity index (χ0v) is 16.6. The number of benzene rings is 1. The Balaban J connectivity index is 1.51. The van der Waals surface area contributed by atoms with Gasteiger partial charge in [-0.2, -0.15) is 0 Å².